The molecule has 0 unspecified atom stereocenters. The van der Waals surface area contributed by atoms with E-state index in [0.717, 1.165) is 5.56 Å². The molecule has 128 valence electrons. The summed E-state index contributed by atoms with van der Waals surface area (Å²) in [6.07, 6.45) is 1.26. The number of rotatable bonds is 5. The first-order valence-corrected chi connectivity index (χ1v) is 9.11. The average Bonchev–Trinajstić information content (AvgIpc) is 2.64. The van der Waals surface area contributed by atoms with E-state index in [-0.39, 0.29) is 21.7 Å². The second-order valence-electron chi connectivity index (χ2n) is 5.03. The minimum atomic E-state index is -3.89. The highest BCUT2D eigenvalue weighted by molar-refractivity contribution is 7.92. The van der Waals surface area contributed by atoms with Crippen LogP contribution in [0.2, 0.25) is 5.28 Å². The molecule has 1 heterocycles. The third-order valence-corrected chi connectivity index (χ3v) is 5.03. The summed E-state index contributed by atoms with van der Waals surface area (Å²) in [5.74, 6) is 0.0424. The number of ether oxygens (including phenoxy) is 1. The number of hydrogen-bond donors (Lipinski definition) is 1. The molecule has 0 aliphatic rings. The Balaban J connectivity index is 2.05. The molecular formula is C17H14ClN3O3S. The van der Waals surface area contributed by atoms with Crippen molar-refractivity contribution in [3.05, 3.63) is 66.1 Å². The zero-order chi connectivity index (χ0) is 17.9. The number of methoxy groups -OCH3 is 1. The highest BCUT2D eigenvalue weighted by Gasteiger charge is 2.21. The molecule has 0 spiro atoms. The maximum absolute atomic E-state index is 12.9. The van der Waals surface area contributed by atoms with Gasteiger partial charge in [0.25, 0.3) is 10.0 Å². The van der Waals surface area contributed by atoms with Crippen LogP contribution in [0.5, 0.6) is 5.88 Å². The Bertz CT molecular complexity index is 995. The zero-order valence-electron chi connectivity index (χ0n) is 13.2. The van der Waals surface area contributed by atoms with Crippen molar-refractivity contribution in [3.63, 3.8) is 0 Å². The number of hydrogen-bond acceptors (Lipinski definition) is 5. The third-order valence-electron chi connectivity index (χ3n) is 3.42. The lowest BCUT2D eigenvalue weighted by Gasteiger charge is -2.13. The molecule has 0 aliphatic carbocycles. The predicted octanol–water partition coefficient (Wildman–Crippen LogP) is 3.61. The van der Waals surface area contributed by atoms with E-state index >= 15 is 0 Å². The summed E-state index contributed by atoms with van der Waals surface area (Å²) >= 11 is 5.71. The highest BCUT2D eigenvalue weighted by Crippen LogP contribution is 2.30. The molecule has 25 heavy (non-hydrogen) atoms. The minimum absolute atomic E-state index is 0.0375. The molecule has 0 fully saturated rings. The Morgan fingerprint density at radius 3 is 2.44 bits per heavy atom. The molecule has 6 nitrogen and oxygen atoms in total. The standard InChI is InChI=1S/C17H14ClN3O3S/c1-24-16-14(11-19-17(18)20-16)21-25(22,23)15-10-6-5-9-13(15)12-7-3-2-4-8-12/h2-11,21H,1H3. The predicted molar refractivity (Wildman–Crippen MR) is 96.3 cm³/mol. The lowest BCUT2D eigenvalue weighted by Crippen LogP contribution is -2.15. The van der Waals surface area contributed by atoms with E-state index in [0.29, 0.717) is 5.56 Å². The molecule has 1 N–H and O–H groups in total. The highest BCUT2D eigenvalue weighted by atomic mass is 35.5. The topological polar surface area (TPSA) is 81.2 Å². The monoisotopic (exact) mass is 375 g/mol. The maximum atomic E-state index is 12.9. The van der Waals surface area contributed by atoms with E-state index in [1.165, 1.54) is 19.4 Å². The second-order valence-corrected chi connectivity index (χ2v) is 7.02. The van der Waals surface area contributed by atoms with Gasteiger partial charge in [0.15, 0.2) is 0 Å². The lowest BCUT2D eigenvalue weighted by atomic mass is 10.1. The van der Waals surface area contributed by atoms with Crippen LogP contribution in [0.3, 0.4) is 0 Å². The number of benzene rings is 2. The number of halogens is 1. The Labute approximate surface area is 150 Å². The molecular weight excluding hydrogens is 362 g/mol. The van der Waals surface area contributed by atoms with Gasteiger partial charge in [-0.1, -0.05) is 48.5 Å². The van der Waals surface area contributed by atoms with Crippen molar-refractivity contribution < 1.29 is 13.2 Å². The van der Waals surface area contributed by atoms with Gasteiger partial charge in [-0.3, -0.25) is 4.72 Å². The van der Waals surface area contributed by atoms with E-state index in [9.17, 15) is 8.42 Å². The van der Waals surface area contributed by atoms with Crippen LogP contribution in [0.4, 0.5) is 5.69 Å². The van der Waals surface area contributed by atoms with E-state index in [4.69, 9.17) is 16.3 Å². The summed E-state index contributed by atoms with van der Waals surface area (Å²) in [6, 6.07) is 16.0. The summed E-state index contributed by atoms with van der Waals surface area (Å²) in [5, 5.41) is -0.0375. The van der Waals surface area contributed by atoms with Gasteiger partial charge in [-0.15, -0.1) is 0 Å². The number of nitrogens with zero attached hydrogens (tertiary/aromatic N) is 2. The summed E-state index contributed by atoms with van der Waals surface area (Å²) in [7, 11) is -2.52. The lowest BCUT2D eigenvalue weighted by molar-refractivity contribution is 0.399. The first-order chi connectivity index (χ1) is 12.0. The van der Waals surface area contributed by atoms with E-state index in [2.05, 4.69) is 14.7 Å². The fraction of sp³-hybridized carbons (Fsp3) is 0.0588. The average molecular weight is 376 g/mol. The van der Waals surface area contributed by atoms with Crippen molar-refractivity contribution in [3.8, 4) is 17.0 Å². The molecule has 0 atom stereocenters. The van der Waals surface area contributed by atoms with E-state index in [1.54, 1.807) is 18.2 Å². The molecule has 0 saturated heterocycles. The van der Waals surface area contributed by atoms with Crippen molar-refractivity contribution >= 4 is 27.3 Å². The van der Waals surface area contributed by atoms with Gasteiger partial charge in [-0.05, 0) is 23.2 Å². The summed E-state index contributed by atoms with van der Waals surface area (Å²) in [5.41, 5.74) is 1.49. The van der Waals surface area contributed by atoms with Crippen LogP contribution in [-0.4, -0.2) is 25.5 Å². The fourth-order valence-electron chi connectivity index (χ4n) is 2.33. The van der Waals surface area contributed by atoms with Gasteiger partial charge in [-0.25, -0.2) is 13.4 Å². The van der Waals surface area contributed by atoms with Gasteiger partial charge in [0.1, 0.15) is 5.69 Å². The maximum Gasteiger partial charge on any atom is 0.262 e. The largest absolute Gasteiger partial charge is 0.479 e. The normalized spacial score (nSPS) is 11.1. The molecule has 3 aromatic rings. The van der Waals surface area contributed by atoms with Crippen LogP contribution in [-0.2, 0) is 10.0 Å². The Morgan fingerprint density at radius 1 is 1.04 bits per heavy atom. The quantitative estimate of drug-likeness (QED) is 0.689. The number of nitrogens with one attached hydrogen (secondary N) is 1. The first-order valence-electron chi connectivity index (χ1n) is 7.25. The zero-order valence-corrected chi connectivity index (χ0v) is 14.8. The molecule has 0 aliphatic heterocycles. The molecule has 0 saturated carbocycles. The molecule has 8 heteroatoms. The van der Waals surface area contributed by atoms with Crippen LogP contribution in [0.15, 0.2) is 65.7 Å². The van der Waals surface area contributed by atoms with Crippen molar-refractivity contribution in [1.82, 2.24) is 9.97 Å². The van der Waals surface area contributed by atoms with Gasteiger partial charge in [0.05, 0.1) is 18.2 Å². The Kier molecular flexibility index (Phi) is 4.87. The summed E-state index contributed by atoms with van der Waals surface area (Å²) < 4.78 is 33.3. The third kappa shape index (κ3) is 3.72. The van der Waals surface area contributed by atoms with Gasteiger partial charge in [0, 0.05) is 5.56 Å². The Hall–Kier alpha value is -2.64. The number of sulfonamides is 1. The fourth-order valence-corrected chi connectivity index (χ4v) is 3.73. The van der Waals surface area contributed by atoms with E-state index < -0.39 is 10.0 Å². The van der Waals surface area contributed by atoms with Crippen LogP contribution in [0.25, 0.3) is 11.1 Å². The van der Waals surface area contributed by atoms with Crippen molar-refractivity contribution in [2.24, 2.45) is 0 Å². The van der Waals surface area contributed by atoms with Crippen LogP contribution in [0.1, 0.15) is 0 Å². The van der Waals surface area contributed by atoms with Crippen LogP contribution >= 0.6 is 11.6 Å². The molecule has 0 radical (unpaired) electrons. The molecule has 2 aromatic carbocycles. The minimum Gasteiger partial charge on any atom is -0.479 e. The van der Waals surface area contributed by atoms with Crippen LogP contribution in [0, 0.1) is 0 Å². The number of aromatic nitrogens is 2. The van der Waals surface area contributed by atoms with Crippen LogP contribution < -0.4 is 9.46 Å². The first kappa shape index (κ1) is 17.2. The van der Waals surface area contributed by atoms with Gasteiger partial charge in [0.2, 0.25) is 11.2 Å². The van der Waals surface area contributed by atoms with Gasteiger partial charge in [-0.2, -0.15) is 4.98 Å². The van der Waals surface area contributed by atoms with Gasteiger partial charge < -0.3 is 4.74 Å². The SMILES string of the molecule is COc1nc(Cl)ncc1NS(=O)(=O)c1ccccc1-c1ccccc1. The van der Waals surface area contributed by atoms with Crippen molar-refractivity contribution in [2.45, 2.75) is 4.90 Å². The molecule has 0 bridgehead atoms. The van der Waals surface area contributed by atoms with Gasteiger partial charge >= 0.3 is 0 Å². The summed E-state index contributed by atoms with van der Waals surface area (Å²) in [4.78, 5) is 7.79. The Morgan fingerprint density at radius 2 is 1.72 bits per heavy atom. The molecule has 0 amide bonds. The van der Waals surface area contributed by atoms with Crippen molar-refractivity contribution in [1.29, 1.82) is 0 Å². The van der Waals surface area contributed by atoms with Crippen molar-refractivity contribution in [2.75, 3.05) is 11.8 Å². The summed E-state index contributed by atoms with van der Waals surface area (Å²) in [6.45, 7) is 0. The number of anilines is 1. The smallest absolute Gasteiger partial charge is 0.262 e. The van der Waals surface area contributed by atoms with E-state index in [1.807, 2.05) is 30.3 Å². The second kappa shape index (κ2) is 7.08. The molecule has 1 aromatic heterocycles. The molecule has 3 rings (SSSR count).